The SMILES string of the molecule is COC(=O)c1nc(-c2cnc(NC(C)(C)c3ncccc3Cl)nc2)cn1C. The summed E-state index contributed by atoms with van der Waals surface area (Å²) >= 11 is 6.24. The zero-order valence-electron chi connectivity index (χ0n) is 15.4. The summed E-state index contributed by atoms with van der Waals surface area (Å²) in [5.41, 5.74) is 1.39. The van der Waals surface area contributed by atoms with Gasteiger partial charge in [0.15, 0.2) is 0 Å². The van der Waals surface area contributed by atoms with Crippen LogP contribution in [-0.2, 0) is 17.3 Å². The molecule has 3 aromatic heterocycles. The third-order valence-corrected chi connectivity index (χ3v) is 4.27. The van der Waals surface area contributed by atoms with Crippen LogP contribution >= 0.6 is 11.6 Å². The summed E-state index contributed by atoms with van der Waals surface area (Å²) < 4.78 is 6.31. The number of ether oxygens (including phenoxy) is 1. The van der Waals surface area contributed by atoms with Crippen molar-refractivity contribution in [1.82, 2.24) is 24.5 Å². The largest absolute Gasteiger partial charge is 0.463 e. The molecule has 0 unspecified atom stereocenters. The summed E-state index contributed by atoms with van der Waals surface area (Å²) in [7, 11) is 3.04. The number of aromatic nitrogens is 5. The van der Waals surface area contributed by atoms with Crippen molar-refractivity contribution in [3.63, 3.8) is 0 Å². The minimum atomic E-state index is -0.567. The highest BCUT2D eigenvalue weighted by atomic mass is 35.5. The number of nitrogens with one attached hydrogen (secondary N) is 1. The molecule has 3 aromatic rings. The van der Waals surface area contributed by atoms with Crippen molar-refractivity contribution in [2.45, 2.75) is 19.4 Å². The second-order valence-electron chi connectivity index (χ2n) is 6.43. The predicted octanol–water partition coefficient (Wildman–Crippen LogP) is 3.06. The van der Waals surface area contributed by atoms with E-state index in [4.69, 9.17) is 16.3 Å². The molecule has 9 heteroatoms. The van der Waals surface area contributed by atoms with E-state index in [0.717, 1.165) is 0 Å². The Balaban J connectivity index is 1.82. The van der Waals surface area contributed by atoms with Gasteiger partial charge in [-0.3, -0.25) is 4.98 Å². The van der Waals surface area contributed by atoms with Gasteiger partial charge in [0, 0.05) is 37.4 Å². The lowest BCUT2D eigenvalue weighted by Crippen LogP contribution is -2.30. The molecule has 0 radical (unpaired) electrons. The van der Waals surface area contributed by atoms with Crippen LogP contribution in [0, 0.1) is 0 Å². The van der Waals surface area contributed by atoms with Crippen molar-refractivity contribution >= 4 is 23.5 Å². The molecule has 0 amide bonds. The van der Waals surface area contributed by atoms with Crippen molar-refractivity contribution in [3.8, 4) is 11.3 Å². The number of anilines is 1. The minimum absolute atomic E-state index is 0.209. The molecule has 0 aliphatic carbocycles. The molecular weight excluding hydrogens is 368 g/mol. The van der Waals surface area contributed by atoms with E-state index >= 15 is 0 Å². The first-order valence-corrected chi connectivity index (χ1v) is 8.53. The van der Waals surface area contributed by atoms with Crippen LogP contribution < -0.4 is 5.32 Å². The van der Waals surface area contributed by atoms with Gasteiger partial charge in [-0.05, 0) is 26.0 Å². The number of nitrogens with zero attached hydrogens (tertiary/aromatic N) is 5. The maximum Gasteiger partial charge on any atom is 0.374 e. The first kappa shape index (κ1) is 18.8. The molecular formula is C18H19ClN6O2. The number of esters is 1. The Morgan fingerprint density at radius 1 is 1.26 bits per heavy atom. The fourth-order valence-corrected chi connectivity index (χ4v) is 2.95. The lowest BCUT2D eigenvalue weighted by atomic mass is 10.00. The standard InChI is InChI=1S/C18H19ClN6O2/c1-18(2,14-12(19)6-5-7-20-14)24-17-21-8-11(9-22-17)13-10-25(3)15(23-13)16(26)27-4/h5-10H,1-4H3,(H,21,22,24). The van der Waals surface area contributed by atoms with Crippen molar-refractivity contribution in [3.05, 3.63) is 53.5 Å². The Bertz CT molecular complexity index is 968. The highest BCUT2D eigenvalue weighted by molar-refractivity contribution is 6.31. The molecule has 0 bridgehead atoms. The number of carbonyl (C=O) groups is 1. The van der Waals surface area contributed by atoms with Gasteiger partial charge < -0.3 is 14.6 Å². The molecule has 0 aliphatic rings. The molecule has 0 aromatic carbocycles. The van der Waals surface area contributed by atoms with Gasteiger partial charge in [0.1, 0.15) is 0 Å². The van der Waals surface area contributed by atoms with Gasteiger partial charge in [0.2, 0.25) is 11.8 Å². The van der Waals surface area contributed by atoms with Crippen LogP contribution in [0.5, 0.6) is 0 Å². The maximum atomic E-state index is 11.7. The van der Waals surface area contributed by atoms with Crippen LogP contribution in [0.2, 0.25) is 5.02 Å². The molecule has 0 saturated heterocycles. The number of halogens is 1. The van der Waals surface area contributed by atoms with Gasteiger partial charge in [-0.2, -0.15) is 0 Å². The third kappa shape index (κ3) is 3.90. The average molecular weight is 387 g/mol. The van der Waals surface area contributed by atoms with E-state index in [2.05, 4.69) is 25.3 Å². The van der Waals surface area contributed by atoms with Crippen molar-refractivity contribution < 1.29 is 9.53 Å². The summed E-state index contributed by atoms with van der Waals surface area (Å²) in [5, 5.41) is 3.79. The van der Waals surface area contributed by atoms with Gasteiger partial charge in [-0.1, -0.05) is 11.6 Å². The smallest absolute Gasteiger partial charge is 0.374 e. The van der Waals surface area contributed by atoms with Gasteiger partial charge in [-0.25, -0.2) is 19.7 Å². The van der Waals surface area contributed by atoms with Gasteiger partial charge in [0.25, 0.3) is 0 Å². The Morgan fingerprint density at radius 3 is 2.59 bits per heavy atom. The molecule has 1 N–H and O–H groups in total. The predicted molar refractivity (Wildman–Crippen MR) is 101 cm³/mol. The van der Waals surface area contributed by atoms with E-state index in [-0.39, 0.29) is 5.82 Å². The maximum absolute atomic E-state index is 11.7. The zero-order valence-corrected chi connectivity index (χ0v) is 16.2. The van der Waals surface area contributed by atoms with E-state index < -0.39 is 11.5 Å². The highest BCUT2D eigenvalue weighted by Gasteiger charge is 2.25. The Kier molecular flexibility index (Phi) is 5.09. The fourth-order valence-electron chi connectivity index (χ4n) is 2.60. The van der Waals surface area contributed by atoms with Crippen LogP contribution in [0.25, 0.3) is 11.3 Å². The molecule has 8 nitrogen and oxygen atoms in total. The molecule has 140 valence electrons. The quantitative estimate of drug-likeness (QED) is 0.673. The molecule has 27 heavy (non-hydrogen) atoms. The van der Waals surface area contributed by atoms with E-state index in [0.29, 0.717) is 27.9 Å². The zero-order chi connectivity index (χ0) is 19.6. The number of methoxy groups -OCH3 is 1. The van der Waals surface area contributed by atoms with Crippen molar-refractivity contribution in [1.29, 1.82) is 0 Å². The minimum Gasteiger partial charge on any atom is -0.463 e. The van der Waals surface area contributed by atoms with Crippen LogP contribution in [0.1, 0.15) is 30.2 Å². The summed E-state index contributed by atoms with van der Waals surface area (Å²) in [5.74, 6) is 0.132. The molecule has 0 fully saturated rings. The van der Waals surface area contributed by atoms with Crippen LogP contribution in [0.4, 0.5) is 5.95 Å². The van der Waals surface area contributed by atoms with Gasteiger partial charge >= 0.3 is 5.97 Å². The highest BCUT2D eigenvalue weighted by Crippen LogP contribution is 2.28. The normalized spacial score (nSPS) is 11.3. The number of carbonyl (C=O) groups excluding carboxylic acids is 1. The second-order valence-corrected chi connectivity index (χ2v) is 6.84. The van der Waals surface area contributed by atoms with Crippen LogP contribution in [-0.4, -0.2) is 37.6 Å². The van der Waals surface area contributed by atoms with E-state index in [1.54, 1.807) is 48.5 Å². The molecule has 0 spiro atoms. The summed E-state index contributed by atoms with van der Waals surface area (Å²) in [6, 6.07) is 3.57. The first-order chi connectivity index (χ1) is 12.8. The number of aryl methyl sites for hydroxylation is 1. The summed E-state index contributed by atoms with van der Waals surface area (Å²) in [4.78, 5) is 29.0. The van der Waals surface area contributed by atoms with E-state index in [1.165, 1.54) is 7.11 Å². The molecule has 0 atom stereocenters. The third-order valence-electron chi connectivity index (χ3n) is 3.97. The van der Waals surface area contributed by atoms with Crippen LogP contribution in [0.3, 0.4) is 0 Å². The fraction of sp³-hybridized carbons (Fsp3) is 0.278. The topological polar surface area (TPSA) is 94.8 Å². The average Bonchev–Trinajstić information content (AvgIpc) is 3.03. The Hall–Kier alpha value is -3.00. The molecule has 3 rings (SSSR count). The van der Waals surface area contributed by atoms with Gasteiger partial charge in [0.05, 0.1) is 29.1 Å². The number of rotatable bonds is 5. The number of imidazole rings is 1. The molecule has 0 saturated carbocycles. The number of pyridine rings is 1. The Morgan fingerprint density at radius 2 is 1.96 bits per heavy atom. The number of hydrogen-bond donors (Lipinski definition) is 1. The Labute approximate surface area is 161 Å². The second kappa shape index (κ2) is 7.32. The number of hydrogen-bond acceptors (Lipinski definition) is 7. The van der Waals surface area contributed by atoms with Crippen molar-refractivity contribution in [2.75, 3.05) is 12.4 Å². The lowest BCUT2D eigenvalue weighted by Gasteiger charge is -2.26. The summed E-state index contributed by atoms with van der Waals surface area (Å²) in [6.07, 6.45) is 6.67. The van der Waals surface area contributed by atoms with E-state index in [1.807, 2.05) is 13.8 Å². The molecule has 0 aliphatic heterocycles. The monoisotopic (exact) mass is 386 g/mol. The first-order valence-electron chi connectivity index (χ1n) is 8.15. The summed E-state index contributed by atoms with van der Waals surface area (Å²) in [6.45, 7) is 3.89. The lowest BCUT2D eigenvalue weighted by molar-refractivity contribution is 0.0583. The molecule has 3 heterocycles. The van der Waals surface area contributed by atoms with Gasteiger partial charge in [-0.15, -0.1) is 0 Å². The van der Waals surface area contributed by atoms with Crippen molar-refractivity contribution in [2.24, 2.45) is 7.05 Å². The van der Waals surface area contributed by atoms with Crippen LogP contribution in [0.15, 0.2) is 36.9 Å². The van der Waals surface area contributed by atoms with E-state index in [9.17, 15) is 4.79 Å².